The minimum atomic E-state index is -0.667. The van der Waals surface area contributed by atoms with Crippen molar-refractivity contribution in [1.82, 2.24) is 5.32 Å². The van der Waals surface area contributed by atoms with Gasteiger partial charge in [0.15, 0.2) is 0 Å². The van der Waals surface area contributed by atoms with Crippen molar-refractivity contribution in [2.45, 2.75) is 32.9 Å². The summed E-state index contributed by atoms with van der Waals surface area (Å²) in [5.74, 6) is -0.646. The second-order valence-corrected chi connectivity index (χ2v) is 5.03. The Morgan fingerprint density at radius 2 is 1.89 bits per heavy atom. The summed E-state index contributed by atoms with van der Waals surface area (Å²) in [6, 6.07) is 4.02. The van der Waals surface area contributed by atoms with Crippen molar-refractivity contribution in [3.05, 3.63) is 28.8 Å². The lowest BCUT2D eigenvalue weighted by atomic mass is 10.1. The van der Waals surface area contributed by atoms with Crippen molar-refractivity contribution in [1.29, 1.82) is 0 Å². The molecule has 6 heteroatoms. The highest BCUT2D eigenvalue weighted by Gasteiger charge is 2.16. The number of halogens is 1. The van der Waals surface area contributed by atoms with Gasteiger partial charge in [0.25, 0.3) is 5.91 Å². The number of nitrogens with two attached hydrogens (primary N) is 1. The van der Waals surface area contributed by atoms with Gasteiger partial charge in [0.05, 0.1) is 17.3 Å². The number of rotatable bonds is 4. The number of benzene rings is 1. The molecule has 2 amide bonds. The summed E-state index contributed by atoms with van der Waals surface area (Å²) in [6.07, 6.45) is 0. The average molecular weight is 284 g/mol. The van der Waals surface area contributed by atoms with Crippen molar-refractivity contribution in [3.8, 4) is 0 Å². The quantitative estimate of drug-likeness (QED) is 0.787. The van der Waals surface area contributed by atoms with Crippen LogP contribution in [-0.2, 0) is 4.79 Å². The summed E-state index contributed by atoms with van der Waals surface area (Å²) in [6.45, 7) is 5.27. The van der Waals surface area contributed by atoms with Gasteiger partial charge in [0, 0.05) is 11.1 Å². The molecule has 104 valence electrons. The third-order valence-electron chi connectivity index (χ3n) is 2.32. The molecular weight excluding hydrogens is 266 g/mol. The average Bonchev–Trinajstić information content (AvgIpc) is 2.27. The van der Waals surface area contributed by atoms with Crippen molar-refractivity contribution in [2.24, 2.45) is 5.73 Å². The molecular formula is C13H18ClN3O2. The van der Waals surface area contributed by atoms with E-state index >= 15 is 0 Å². The third kappa shape index (κ3) is 4.54. The van der Waals surface area contributed by atoms with Gasteiger partial charge in [-0.3, -0.25) is 9.59 Å². The molecule has 0 fully saturated rings. The first-order valence-electron chi connectivity index (χ1n) is 5.98. The lowest BCUT2D eigenvalue weighted by Crippen LogP contribution is -2.34. The van der Waals surface area contributed by atoms with Crippen LogP contribution in [0.3, 0.4) is 0 Å². The molecule has 5 nitrogen and oxygen atoms in total. The molecule has 4 N–H and O–H groups in total. The molecule has 0 spiro atoms. The zero-order valence-electron chi connectivity index (χ0n) is 11.2. The maximum absolute atomic E-state index is 12.0. The van der Waals surface area contributed by atoms with Crippen LogP contribution in [0, 0.1) is 0 Å². The van der Waals surface area contributed by atoms with Gasteiger partial charge in [-0.1, -0.05) is 11.6 Å². The topological polar surface area (TPSA) is 84.2 Å². The maximum atomic E-state index is 12.0. The summed E-state index contributed by atoms with van der Waals surface area (Å²) in [5.41, 5.74) is 6.19. The third-order valence-corrected chi connectivity index (χ3v) is 2.55. The fourth-order valence-corrected chi connectivity index (χ4v) is 1.58. The Labute approximate surface area is 117 Å². The molecule has 0 unspecified atom stereocenters. The van der Waals surface area contributed by atoms with E-state index in [4.69, 9.17) is 17.3 Å². The highest BCUT2D eigenvalue weighted by Crippen LogP contribution is 2.21. The normalized spacial score (nSPS) is 12.1. The summed E-state index contributed by atoms with van der Waals surface area (Å²) in [5, 5.41) is 5.78. The van der Waals surface area contributed by atoms with Crippen molar-refractivity contribution >= 4 is 29.1 Å². The molecule has 19 heavy (non-hydrogen) atoms. The summed E-state index contributed by atoms with van der Waals surface area (Å²) in [7, 11) is 0. The maximum Gasteiger partial charge on any atom is 0.253 e. The van der Waals surface area contributed by atoms with Gasteiger partial charge in [0.1, 0.15) is 0 Å². The Hall–Kier alpha value is -1.59. The molecule has 0 saturated heterocycles. The Bertz CT molecular complexity index is 487. The minimum absolute atomic E-state index is 0.000150. The van der Waals surface area contributed by atoms with E-state index in [2.05, 4.69) is 10.6 Å². The molecule has 0 heterocycles. The SMILES string of the molecule is CC(C)NC(=O)c1ccc(Cl)cc1NC(=O)[C@H](C)N. The predicted molar refractivity (Wildman–Crippen MR) is 76.3 cm³/mol. The fourth-order valence-electron chi connectivity index (χ4n) is 1.40. The molecule has 0 bridgehead atoms. The van der Waals surface area contributed by atoms with E-state index in [9.17, 15) is 9.59 Å². The zero-order chi connectivity index (χ0) is 14.6. The van der Waals surface area contributed by atoms with Gasteiger partial charge in [-0.25, -0.2) is 0 Å². The minimum Gasteiger partial charge on any atom is -0.350 e. The fraction of sp³-hybridized carbons (Fsp3) is 0.385. The van der Waals surface area contributed by atoms with E-state index in [1.165, 1.54) is 6.07 Å². The van der Waals surface area contributed by atoms with Crippen LogP contribution in [0.2, 0.25) is 5.02 Å². The standard InChI is InChI=1S/C13H18ClN3O2/c1-7(2)16-13(19)10-5-4-9(14)6-11(10)17-12(18)8(3)15/h4-8H,15H2,1-3H3,(H,16,19)(H,17,18)/t8-/m0/s1. The molecule has 1 aromatic rings. The van der Waals surface area contributed by atoms with Gasteiger partial charge < -0.3 is 16.4 Å². The first-order chi connectivity index (χ1) is 8.81. The van der Waals surface area contributed by atoms with Gasteiger partial charge in [-0.05, 0) is 39.0 Å². The molecule has 0 aromatic heterocycles. The Balaban J connectivity index is 3.04. The van der Waals surface area contributed by atoms with E-state index in [1.54, 1.807) is 19.1 Å². The van der Waals surface area contributed by atoms with E-state index < -0.39 is 6.04 Å². The Morgan fingerprint density at radius 1 is 1.26 bits per heavy atom. The second-order valence-electron chi connectivity index (χ2n) is 4.60. The van der Waals surface area contributed by atoms with Crippen LogP contribution in [0.5, 0.6) is 0 Å². The van der Waals surface area contributed by atoms with Crippen LogP contribution >= 0.6 is 11.6 Å². The Morgan fingerprint density at radius 3 is 2.42 bits per heavy atom. The van der Waals surface area contributed by atoms with Crippen LogP contribution in [-0.4, -0.2) is 23.9 Å². The molecule has 1 rings (SSSR count). The second kappa shape index (κ2) is 6.54. The summed E-state index contributed by atoms with van der Waals surface area (Å²) >= 11 is 5.88. The highest BCUT2D eigenvalue weighted by molar-refractivity contribution is 6.31. The molecule has 1 atom stereocenters. The number of carbonyl (C=O) groups excluding carboxylic acids is 2. The van der Waals surface area contributed by atoms with Gasteiger partial charge in [0.2, 0.25) is 5.91 Å². The number of amides is 2. The van der Waals surface area contributed by atoms with E-state index in [0.29, 0.717) is 16.3 Å². The van der Waals surface area contributed by atoms with Crippen LogP contribution in [0.15, 0.2) is 18.2 Å². The van der Waals surface area contributed by atoms with Crippen LogP contribution in [0.4, 0.5) is 5.69 Å². The molecule has 0 saturated carbocycles. The van der Waals surface area contributed by atoms with E-state index in [1.807, 2.05) is 13.8 Å². The van der Waals surface area contributed by atoms with Crippen LogP contribution in [0.1, 0.15) is 31.1 Å². The first-order valence-corrected chi connectivity index (χ1v) is 6.36. The van der Waals surface area contributed by atoms with Gasteiger partial charge in [-0.15, -0.1) is 0 Å². The van der Waals surface area contributed by atoms with Crippen molar-refractivity contribution in [3.63, 3.8) is 0 Å². The summed E-state index contributed by atoms with van der Waals surface area (Å²) in [4.78, 5) is 23.6. The number of anilines is 1. The number of hydrogen-bond acceptors (Lipinski definition) is 3. The van der Waals surface area contributed by atoms with Crippen molar-refractivity contribution in [2.75, 3.05) is 5.32 Å². The number of nitrogens with one attached hydrogen (secondary N) is 2. The molecule has 0 aliphatic heterocycles. The molecule has 0 radical (unpaired) electrons. The summed E-state index contributed by atoms with van der Waals surface area (Å²) < 4.78 is 0. The lowest BCUT2D eigenvalue weighted by molar-refractivity contribution is -0.117. The predicted octanol–water partition coefficient (Wildman–Crippen LogP) is 1.76. The van der Waals surface area contributed by atoms with Gasteiger partial charge >= 0.3 is 0 Å². The van der Waals surface area contributed by atoms with Crippen molar-refractivity contribution < 1.29 is 9.59 Å². The monoisotopic (exact) mass is 283 g/mol. The number of hydrogen-bond donors (Lipinski definition) is 3. The molecule has 0 aliphatic carbocycles. The van der Waals surface area contributed by atoms with E-state index in [0.717, 1.165) is 0 Å². The van der Waals surface area contributed by atoms with Gasteiger partial charge in [-0.2, -0.15) is 0 Å². The van der Waals surface area contributed by atoms with Crippen LogP contribution < -0.4 is 16.4 Å². The van der Waals surface area contributed by atoms with Crippen LogP contribution in [0.25, 0.3) is 0 Å². The Kier molecular flexibility index (Phi) is 5.32. The smallest absolute Gasteiger partial charge is 0.253 e. The molecule has 1 aromatic carbocycles. The zero-order valence-corrected chi connectivity index (χ0v) is 11.9. The van der Waals surface area contributed by atoms with E-state index in [-0.39, 0.29) is 17.9 Å². The first kappa shape index (κ1) is 15.5. The molecule has 0 aliphatic rings. The number of carbonyl (C=O) groups is 2. The lowest BCUT2D eigenvalue weighted by Gasteiger charge is -2.14. The highest BCUT2D eigenvalue weighted by atomic mass is 35.5. The largest absolute Gasteiger partial charge is 0.350 e.